The van der Waals surface area contributed by atoms with Crippen molar-refractivity contribution in [3.05, 3.63) is 82.7 Å². The van der Waals surface area contributed by atoms with Crippen LogP contribution in [0.2, 0.25) is 0 Å². The highest BCUT2D eigenvalue weighted by molar-refractivity contribution is 9.10. The molecule has 0 fully saturated rings. The maximum Gasteiger partial charge on any atom is 0.256 e. The number of halogens is 1. The average molecular weight is 407 g/mol. The molecule has 4 aromatic rings. The summed E-state index contributed by atoms with van der Waals surface area (Å²) in [7, 11) is 0. The Balaban J connectivity index is 1.77. The van der Waals surface area contributed by atoms with Crippen molar-refractivity contribution in [3.63, 3.8) is 0 Å². The van der Waals surface area contributed by atoms with Crippen LogP contribution >= 0.6 is 15.9 Å². The molecule has 6 heteroatoms. The lowest BCUT2D eigenvalue weighted by molar-refractivity contribution is 0.102. The molecule has 0 spiro atoms. The van der Waals surface area contributed by atoms with Crippen molar-refractivity contribution in [1.82, 2.24) is 14.8 Å². The van der Waals surface area contributed by atoms with E-state index in [-0.39, 0.29) is 5.91 Å². The molecule has 1 N–H and O–H groups in total. The number of nitrogens with zero attached hydrogens (tertiary/aromatic N) is 3. The normalized spacial score (nSPS) is 10.8. The Morgan fingerprint density at radius 2 is 1.96 bits per heavy atom. The average Bonchev–Trinajstić information content (AvgIpc) is 3.15. The van der Waals surface area contributed by atoms with Gasteiger partial charge in [-0.2, -0.15) is 5.10 Å². The topological polar surface area (TPSA) is 59.8 Å². The first kappa shape index (κ1) is 16.5. The summed E-state index contributed by atoms with van der Waals surface area (Å²) in [5.74, 6) is -0.182. The molecule has 0 saturated heterocycles. The monoisotopic (exact) mass is 406 g/mol. The fraction of sp³-hybridized carbons (Fsp3) is 0.0500. The van der Waals surface area contributed by atoms with Crippen LogP contribution in [0, 0.1) is 6.92 Å². The van der Waals surface area contributed by atoms with Gasteiger partial charge in [-0.15, -0.1) is 0 Å². The van der Waals surface area contributed by atoms with E-state index in [1.54, 1.807) is 10.9 Å². The van der Waals surface area contributed by atoms with Gasteiger partial charge in [-0.1, -0.05) is 34.1 Å². The van der Waals surface area contributed by atoms with E-state index in [0.717, 1.165) is 26.8 Å². The summed E-state index contributed by atoms with van der Waals surface area (Å²) >= 11 is 3.47. The summed E-state index contributed by atoms with van der Waals surface area (Å²) in [5, 5.41) is 8.10. The second-order valence-electron chi connectivity index (χ2n) is 5.89. The Bertz CT molecular complexity index is 1110. The SMILES string of the molecule is Cc1cc(C(=O)Nc2cc(Br)ccc2-n2cccn2)c2ccccc2n1. The van der Waals surface area contributed by atoms with Crippen LogP contribution in [-0.2, 0) is 0 Å². The van der Waals surface area contributed by atoms with E-state index in [1.165, 1.54) is 0 Å². The number of amides is 1. The van der Waals surface area contributed by atoms with Gasteiger partial charge in [-0.25, -0.2) is 4.68 Å². The fourth-order valence-electron chi connectivity index (χ4n) is 2.90. The molecule has 2 heterocycles. The Kier molecular flexibility index (Phi) is 4.26. The van der Waals surface area contributed by atoms with Gasteiger partial charge in [0.15, 0.2) is 0 Å². The van der Waals surface area contributed by atoms with Crippen molar-refractivity contribution in [3.8, 4) is 5.69 Å². The van der Waals surface area contributed by atoms with Crippen LogP contribution in [0.5, 0.6) is 0 Å². The lowest BCUT2D eigenvalue weighted by atomic mass is 10.1. The molecular formula is C20H15BrN4O. The van der Waals surface area contributed by atoms with Gasteiger partial charge in [0, 0.05) is 27.9 Å². The van der Waals surface area contributed by atoms with E-state index < -0.39 is 0 Å². The molecular weight excluding hydrogens is 392 g/mol. The number of pyridine rings is 1. The number of aromatic nitrogens is 3. The zero-order valence-electron chi connectivity index (χ0n) is 14.0. The van der Waals surface area contributed by atoms with Crippen LogP contribution in [0.15, 0.2) is 71.5 Å². The molecule has 0 aliphatic carbocycles. The number of hydrogen-bond acceptors (Lipinski definition) is 3. The van der Waals surface area contributed by atoms with E-state index in [9.17, 15) is 4.79 Å². The third-order valence-corrected chi connectivity index (χ3v) is 4.54. The van der Waals surface area contributed by atoms with Gasteiger partial charge in [-0.05, 0) is 43.3 Å². The number of para-hydroxylation sites is 1. The maximum absolute atomic E-state index is 13.0. The van der Waals surface area contributed by atoms with Crippen LogP contribution in [0.1, 0.15) is 16.1 Å². The minimum absolute atomic E-state index is 0.182. The van der Waals surface area contributed by atoms with Crippen molar-refractivity contribution in [2.45, 2.75) is 6.92 Å². The zero-order chi connectivity index (χ0) is 18.1. The minimum atomic E-state index is -0.182. The molecule has 5 nitrogen and oxygen atoms in total. The van der Waals surface area contributed by atoms with Crippen molar-refractivity contribution in [1.29, 1.82) is 0 Å². The van der Waals surface area contributed by atoms with E-state index in [0.29, 0.717) is 11.3 Å². The van der Waals surface area contributed by atoms with Crippen LogP contribution < -0.4 is 5.32 Å². The third kappa shape index (κ3) is 3.11. The van der Waals surface area contributed by atoms with Crippen LogP contribution in [0.4, 0.5) is 5.69 Å². The molecule has 128 valence electrons. The Labute approximate surface area is 158 Å². The molecule has 26 heavy (non-hydrogen) atoms. The van der Waals surface area contributed by atoms with E-state index in [1.807, 2.05) is 67.7 Å². The molecule has 0 unspecified atom stereocenters. The van der Waals surface area contributed by atoms with Gasteiger partial charge in [0.1, 0.15) is 0 Å². The van der Waals surface area contributed by atoms with Crippen LogP contribution in [0.25, 0.3) is 16.6 Å². The zero-order valence-corrected chi connectivity index (χ0v) is 15.6. The molecule has 4 rings (SSSR count). The number of nitrogens with one attached hydrogen (secondary N) is 1. The summed E-state index contributed by atoms with van der Waals surface area (Å²) in [5.41, 5.74) is 3.67. The molecule has 2 aromatic heterocycles. The number of hydrogen-bond donors (Lipinski definition) is 1. The van der Waals surface area contributed by atoms with Gasteiger partial charge < -0.3 is 5.32 Å². The standard InChI is InChI=1S/C20H15BrN4O/c1-13-11-16(15-5-2-3-6-17(15)23-13)20(26)24-18-12-14(21)7-8-19(18)25-10-4-9-22-25/h2-12H,1H3,(H,24,26). The molecule has 0 saturated carbocycles. The summed E-state index contributed by atoms with van der Waals surface area (Å²) < 4.78 is 2.59. The van der Waals surface area contributed by atoms with Crippen molar-refractivity contribution in [2.75, 3.05) is 5.32 Å². The summed E-state index contributed by atoms with van der Waals surface area (Å²) in [4.78, 5) is 17.5. The smallest absolute Gasteiger partial charge is 0.256 e. The Morgan fingerprint density at radius 1 is 1.12 bits per heavy atom. The first-order chi connectivity index (χ1) is 12.6. The highest BCUT2D eigenvalue weighted by atomic mass is 79.9. The van der Waals surface area contributed by atoms with Gasteiger partial charge in [0.2, 0.25) is 0 Å². The summed E-state index contributed by atoms with van der Waals surface area (Å²) in [6, 6.07) is 17.0. The second kappa shape index (κ2) is 6.72. The number of anilines is 1. The summed E-state index contributed by atoms with van der Waals surface area (Å²) in [6.45, 7) is 1.89. The highest BCUT2D eigenvalue weighted by Gasteiger charge is 2.15. The van der Waals surface area contributed by atoms with Crippen molar-refractivity contribution < 1.29 is 4.79 Å². The fourth-order valence-corrected chi connectivity index (χ4v) is 3.27. The highest BCUT2D eigenvalue weighted by Crippen LogP contribution is 2.26. The molecule has 1 amide bonds. The van der Waals surface area contributed by atoms with E-state index in [2.05, 4.69) is 31.3 Å². The van der Waals surface area contributed by atoms with Gasteiger partial charge in [0.25, 0.3) is 5.91 Å². The van der Waals surface area contributed by atoms with Crippen molar-refractivity contribution in [2.24, 2.45) is 0 Å². The third-order valence-electron chi connectivity index (χ3n) is 4.05. The van der Waals surface area contributed by atoms with Crippen molar-refractivity contribution >= 4 is 38.4 Å². The molecule has 0 atom stereocenters. The number of carbonyl (C=O) groups is 1. The predicted octanol–water partition coefficient (Wildman–Crippen LogP) is 4.74. The van der Waals surface area contributed by atoms with E-state index in [4.69, 9.17) is 0 Å². The number of benzene rings is 2. The molecule has 0 radical (unpaired) electrons. The maximum atomic E-state index is 13.0. The number of carbonyl (C=O) groups excluding carboxylic acids is 1. The van der Waals surface area contributed by atoms with E-state index >= 15 is 0 Å². The molecule has 2 aromatic carbocycles. The Morgan fingerprint density at radius 3 is 2.77 bits per heavy atom. The number of aryl methyl sites for hydroxylation is 1. The number of fused-ring (bicyclic) bond motifs is 1. The van der Waals surface area contributed by atoms with Gasteiger partial charge in [-0.3, -0.25) is 9.78 Å². The quantitative estimate of drug-likeness (QED) is 0.534. The van der Waals surface area contributed by atoms with Gasteiger partial charge in [0.05, 0.1) is 22.5 Å². The van der Waals surface area contributed by atoms with Crippen LogP contribution in [0.3, 0.4) is 0 Å². The Hall–Kier alpha value is -2.99. The lowest BCUT2D eigenvalue weighted by Gasteiger charge is -2.13. The molecule has 0 aliphatic rings. The van der Waals surface area contributed by atoms with Crippen LogP contribution in [-0.4, -0.2) is 20.7 Å². The predicted molar refractivity (Wildman–Crippen MR) is 106 cm³/mol. The largest absolute Gasteiger partial charge is 0.320 e. The first-order valence-electron chi connectivity index (χ1n) is 8.09. The molecule has 0 bridgehead atoms. The number of rotatable bonds is 3. The second-order valence-corrected chi connectivity index (χ2v) is 6.81. The lowest BCUT2D eigenvalue weighted by Crippen LogP contribution is -2.15. The van der Waals surface area contributed by atoms with Gasteiger partial charge >= 0.3 is 0 Å². The first-order valence-corrected chi connectivity index (χ1v) is 8.88. The minimum Gasteiger partial charge on any atom is -0.320 e. The summed E-state index contributed by atoms with van der Waals surface area (Å²) in [6.07, 6.45) is 3.54. The molecule has 0 aliphatic heterocycles.